The number of fused-ring (bicyclic) bond motifs is 2. The quantitative estimate of drug-likeness (QED) is 0.623. The Morgan fingerprint density at radius 1 is 1.18 bits per heavy atom. The average Bonchev–Trinajstić information content (AvgIpc) is 3.26. The Morgan fingerprint density at radius 2 is 1.91 bits per heavy atom. The lowest BCUT2D eigenvalue weighted by Crippen LogP contribution is -2.46. The van der Waals surface area contributed by atoms with Gasteiger partial charge in [0, 0.05) is 46.0 Å². The Bertz CT molecular complexity index is 1310. The third-order valence-electron chi connectivity index (χ3n) is 6.10. The van der Waals surface area contributed by atoms with Gasteiger partial charge >= 0.3 is 6.18 Å². The Kier molecular flexibility index (Phi) is 5.16. The fraction of sp³-hybridized carbons (Fsp3) is 0.429. The molecule has 0 bridgehead atoms. The molecule has 0 atom stereocenters. The highest BCUT2D eigenvalue weighted by Gasteiger charge is 2.37. The Morgan fingerprint density at radius 3 is 2.58 bits per heavy atom. The number of hydrogen-bond acceptors (Lipinski definition) is 7. The number of carbonyl (C=O) groups excluding carboxylic acids is 1. The number of thiazole rings is 1. The van der Waals surface area contributed by atoms with Crippen molar-refractivity contribution >= 4 is 33.4 Å². The van der Waals surface area contributed by atoms with Gasteiger partial charge in [-0.1, -0.05) is 11.3 Å². The van der Waals surface area contributed by atoms with Crippen LogP contribution >= 0.6 is 11.3 Å². The van der Waals surface area contributed by atoms with Gasteiger partial charge in [-0.2, -0.15) is 13.2 Å². The number of H-pyrrole nitrogens is 1. The molecule has 1 fully saturated rings. The molecule has 1 amide bonds. The van der Waals surface area contributed by atoms with Crippen molar-refractivity contribution in [1.82, 2.24) is 24.8 Å². The number of piperazine rings is 1. The number of aryl methyl sites for hydroxylation is 1. The summed E-state index contributed by atoms with van der Waals surface area (Å²) in [6.45, 7) is 5.47. The molecule has 0 spiro atoms. The van der Waals surface area contributed by atoms with Crippen molar-refractivity contribution in [3.63, 3.8) is 0 Å². The van der Waals surface area contributed by atoms with Gasteiger partial charge < -0.3 is 14.8 Å². The highest BCUT2D eigenvalue weighted by molar-refractivity contribution is 7.16. The molecule has 0 aliphatic carbocycles. The van der Waals surface area contributed by atoms with Crippen LogP contribution in [-0.2, 0) is 19.3 Å². The van der Waals surface area contributed by atoms with Crippen LogP contribution in [-0.4, -0.2) is 63.9 Å². The van der Waals surface area contributed by atoms with Crippen LogP contribution in [0.2, 0.25) is 0 Å². The zero-order valence-electron chi connectivity index (χ0n) is 18.0. The fourth-order valence-corrected chi connectivity index (χ4v) is 5.53. The molecule has 8 nitrogen and oxygen atoms in total. The summed E-state index contributed by atoms with van der Waals surface area (Å²) in [5.74, 6) is -0.0365. The molecule has 1 N–H and O–H groups in total. The molecule has 2 aliphatic heterocycles. The minimum absolute atomic E-state index is 0.0365. The predicted octanol–water partition coefficient (Wildman–Crippen LogP) is 2.61. The lowest BCUT2D eigenvalue weighted by molar-refractivity contribution is -0.139. The maximum atomic E-state index is 13.2. The maximum absolute atomic E-state index is 13.2. The van der Waals surface area contributed by atoms with Crippen LogP contribution in [0.5, 0.6) is 0 Å². The van der Waals surface area contributed by atoms with Crippen molar-refractivity contribution in [3.8, 4) is 0 Å². The highest BCUT2D eigenvalue weighted by Crippen LogP contribution is 2.33. The number of aromatic nitrogens is 3. The van der Waals surface area contributed by atoms with Crippen LogP contribution in [0.3, 0.4) is 0 Å². The number of halogens is 3. The molecular weight excluding hydrogens is 457 g/mol. The first-order valence-corrected chi connectivity index (χ1v) is 11.2. The lowest BCUT2D eigenvalue weighted by Gasteiger charge is -2.34. The van der Waals surface area contributed by atoms with Crippen LogP contribution in [0.1, 0.15) is 32.1 Å². The van der Waals surface area contributed by atoms with Crippen LogP contribution in [0, 0.1) is 6.92 Å². The van der Waals surface area contributed by atoms with Gasteiger partial charge in [0.15, 0.2) is 5.13 Å². The number of carbonyl (C=O) groups is 1. The zero-order chi connectivity index (χ0) is 23.5. The number of anilines is 1. The molecule has 12 heteroatoms. The van der Waals surface area contributed by atoms with Crippen LogP contribution < -0.4 is 10.5 Å². The number of nitrogens with one attached hydrogen (secondary N) is 1. The molecule has 0 aromatic carbocycles. The van der Waals surface area contributed by atoms with Gasteiger partial charge in [-0.3, -0.25) is 19.5 Å². The number of alkyl halides is 3. The number of hydrogen-bond donors (Lipinski definition) is 1. The van der Waals surface area contributed by atoms with Crippen LogP contribution in [0.25, 0.3) is 11.0 Å². The topological polar surface area (TPSA) is 85.4 Å². The number of nitrogens with zero attached hydrogens (tertiary/aromatic N) is 5. The van der Waals surface area contributed by atoms with E-state index in [9.17, 15) is 22.8 Å². The summed E-state index contributed by atoms with van der Waals surface area (Å²) in [5.41, 5.74) is -0.705. The molecular formula is C21H21F3N6O2S. The van der Waals surface area contributed by atoms with Crippen molar-refractivity contribution in [2.24, 2.45) is 0 Å². The van der Waals surface area contributed by atoms with Gasteiger partial charge in [0.25, 0.3) is 11.5 Å². The van der Waals surface area contributed by atoms with E-state index in [2.05, 4.69) is 24.8 Å². The van der Waals surface area contributed by atoms with E-state index >= 15 is 0 Å². The first-order valence-electron chi connectivity index (χ1n) is 10.4. The largest absolute Gasteiger partial charge is 0.422 e. The van der Waals surface area contributed by atoms with E-state index in [0.29, 0.717) is 24.3 Å². The fourth-order valence-electron chi connectivity index (χ4n) is 4.38. The summed E-state index contributed by atoms with van der Waals surface area (Å²) in [7, 11) is 1.77. The van der Waals surface area contributed by atoms with E-state index < -0.39 is 17.3 Å². The van der Waals surface area contributed by atoms with Gasteiger partial charge in [-0.05, 0) is 24.1 Å². The summed E-state index contributed by atoms with van der Waals surface area (Å²) in [6.07, 6.45) is -3.17. The van der Waals surface area contributed by atoms with Crippen LogP contribution in [0.4, 0.5) is 18.3 Å². The normalized spacial score (nSPS) is 17.3. The first kappa shape index (κ1) is 21.8. The number of aromatic amines is 1. The number of pyridine rings is 2. The monoisotopic (exact) mass is 478 g/mol. The maximum Gasteiger partial charge on any atom is 0.422 e. The van der Waals surface area contributed by atoms with Gasteiger partial charge in [0.2, 0.25) is 0 Å². The van der Waals surface area contributed by atoms with E-state index in [4.69, 9.17) is 0 Å². The Hall–Kier alpha value is -2.99. The average molecular weight is 479 g/mol. The molecule has 0 radical (unpaired) electrons. The van der Waals surface area contributed by atoms with E-state index in [1.165, 1.54) is 6.92 Å². The second-order valence-electron chi connectivity index (χ2n) is 8.38. The Labute approximate surface area is 190 Å². The summed E-state index contributed by atoms with van der Waals surface area (Å²) in [5, 5.41) is 0.863. The molecule has 0 saturated carbocycles. The molecule has 2 aliphatic rings. The summed E-state index contributed by atoms with van der Waals surface area (Å²) < 4.78 is 39.5. The molecule has 3 aromatic rings. The summed E-state index contributed by atoms with van der Waals surface area (Å²) >= 11 is 1.56. The highest BCUT2D eigenvalue weighted by atomic mass is 32.1. The van der Waals surface area contributed by atoms with Crippen molar-refractivity contribution < 1.29 is 18.0 Å². The SMILES string of the molecule is Cc1c(C(F)(F)F)c(=O)[nH]c2cc(CN3CCN(c4nc5c(s4)CN(C)C5=O)CC3)cnc12. The minimum atomic E-state index is -4.73. The molecule has 33 heavy (non-hydrogen) atoms. The first-order chi connectivity index (χ1) is 15.6. The second kappa shape index (κ2) is 7.80. The van der Waals surface area contributed by atoms with Crippen molar-refractivity contribution in [2.45, 2.75) is 26.2 Å². The second-order valence-corrected chi connectivity index (χ2v) is 9.45. The molecule has 0 unspecified atom stereocenters. The predicted molar refractivity (Wildman–Crippen MR) is 118 cm³/mol. The van der Waals surface area contributed by atoms with Crippen molar-refractivity contribution in [1.29, 1.82) is 0 Å². The number of rotatable bonds is 3. The van der Waals surface area contributed by atoms with E-state index in [0.717, 1.165) is 41.8 Å². The molecule has 5 heterocycles. The molecule has 174 valence electrons. The van der Waals surface area contributed by atoms with E-state index in [-0.39, 0.29) is 17.0 Å². The third kappa shape index (κ3) is 3.86. The molecule has 5 rings (SSSR count). The smallest absolute Gasteiger partial charge is 0.346 e. The molecule has 3 aromatic heterocycles. The minimum Gasteiger partial charge on any atom is -0.346 e. The zero-order valence-corrected chi connectivity index (χ0v) is 18.8. The van der Waals surface area contributed by atoms with Gasteiger partial charge in [-0.15, -0.1) is 0 Å². The van der Waals surface area contributed by atoms with Crippen LogP contribution in [0.15, 0.2) is 17.1 Å². The number of amides is 1. The standard InChI is InChI=1S/C21H21F3N6O2S/c1-11-15(21(22,23)24)18(31)26-13-7-12(8-25-16(11)13)9-29-3-5-30(6-4-29)20-27-17-14(33-20)10-28(2)19(17)32/h7-8H,3-6,9-10H2,1-2H3,(H,26,31). The van der Waals surface area contributed by atoms with Crippen molar-refractivity contribution in [3.05, 3.63) is 49.9 Å². The van der Waals surface area contributed by atoms with Gasteiger partial charge in [-0.25, -0.2) is 4.98 Å². The Balaban J connectivity index is 1.28. The van der Waals surface area contributed by atoms with E-state index in [1.807, 2.05) is 0 Å². The van der Waals surface area contributed by atoms with Crippen molar-refractivity contribution in [2.75, 3.05) is 38.1 Å². The van der Waals surface area contributed by atoms with Gasteiger partial charge in [0.1, 0.15) is 11.3 Å². The lowest BCUT2D eigenvalue weighted by atomic mass is 10.1. The third-order valence-corrected chi connectivity index (χ3v) is 7.20. The summed E-state index contributed by atoms with van der Waals surface area (Å²) in [4.78, 5) is 42.3. The summed E-state index contributed by atoms with van der Waals surface area (Å²) in [6, 6.07) is 1.69. The van der Waals surface area contributed by atoms with E-state index in [1.54, 1.807) is 35.5 Å². The molecule has 1 saturated heterocycles. The van der Waals surface area contributed by atoms with Gasteiger partial charge in [0.05, 0.1) is 22.5 Å².